The number of benzene rings is 1. The average molecular weight is 698 g/mol. The number of halogens is 2. The molecule has 0 aliphatic carbocycles. The fourth-order valence-electron chi connectivity index (χ4n) is 3.75. The highest BCUT2D eigenvalue weighted by atomic mass is 33.1. The standard InChI is InChI=1S/C26H38BF2N3O8S4/c1-41-43-24(17-38-19-6-3-5-18(13-19)25(35)32-10-8-30)37-12-11-36-16-23(34)31-9-4-7-27-22-14-20(21(15-33)39-22)40-26(28,29)44-42-2/h3,5-6,13,20-22,24,27,33H,8-12,14-17,30H2,1-2H3,(H,31,34)(H,32,35)/t20-,21?,22-,24?/m1/s1. The number of carbonyl (C=O) groups excluding carboxylic acids is 2. The van der Waals surface area contributed by atoms with Crippen molar-refractivity contribution in [3.63, 3.8) is 0 Å². The van der Waals surface area contributed by atoms with Crippen molar-refractivity contribution in [2.75, 3.05) is 65.2 Å². The van der Waals surface area contributed by atoms with Crippen molar-refractivity contribution in [2.24, 2.45) is 5.73 Å². The number of aliphatic hydroxyl groups excluding tert-OH is 1. The zero-order chi connectivity index (χ0) is 32.2. The predicted octanol–water partition coefficient (Wildman–Crippen LogP) is 1.69. The monoisotopic (exact) mass is 697 g/mol. The van der Waals surface area contributed by atoms with Crippen LogP contribution in [0.1, 0.15) is 16.8 Å². The number of alkyl halides is 2. The molecular weight excluding hydrogens is 659 g/mol. The Balaban J connectivity index is 1.61. The summed E-state index contributed by atoms with van der Waals surface area (Å²) in [5.74, 6) is 5.59. The minimum atomic E-state index is -3.39. The van der Waals surface area contributed by atoms with E-state index in [-0.39, 0.29) is 63.9 Å². The van der Waals surface area contributed by atoms with E-state index < -0.39 is 30.3 Å². The molecule has 0 bridgehead atoms. The van der Waals surface area contributed by atoms with Gasteiger partial charge in [0.2, 0.25) is 13.2 Å². The maximum absolute atomic E-state index is 13.8. The van der Waals surface area contributed by atoms with Crippen LogP contribution >= 0.6 is 43.2 Å². The van der Waals surface area contributed by atoms with Gasteiger partial charge in [-0.15, -0.1) is 0 Å². The van der Waals surface area contributed by atoms with Crippen LogP contribution in [-0.4, -0.2) is 118 Å². The number of hydrogen-bond acceptors (Lipinski definition) is 13. The van der Waals surface area contributed by atoms with Gasteiger partial charge in [-0.1, -0.05) is 44.4 Å². The van der Waals surface area contributed by atoms with Crippen molar-refractivity contribution in [3.05, 3.63) is 29.8 Å². The summed E-state index contributed by atoms with van der Waals surface area (Å²) in [6.45, 7) is 0.864. The van der Waals surface area contributed by atoms with E-state index in [0.29, 0.717) is 35.2 Å². The molecule has 246 valence electrons. The molecule has 1 aliphatic rings. The first-order chi connectivity index (χ1) is 21.2. The molecule has 4 atom stereocenters. The van der Waals surface area contributed by atoms with Gasteiger partial charge in [-0.3, -0.25) is 9.59 Å². The number of amides is 2. The maximum Gasteiger partial charge on any atom is 0.418 e. The molecule has 0 aromatic heterocycles. The third-order valence-corrected chi connectivity index (χ3v) is 9.07. The minimum absolute atomic E-state index is 0.0802. The number of carbonyl (C=O) groups is 2. The fraction of sp³-hybridized carbons (Fsp3) is 0.615. The third kappa shape index (κ3) is 15.7. The summed E-state index contributed by atoms with van der Waals surface area (Å²) in [7, 11) is 4.42. The molecule has 1 saturated heterocycles. The summed E-state index contributed by atoms with van der Waals surface area (Å²) < 4.78 is 54.9. The lowest BCUT2D eigenvalue weighted by Gasteiger charge is -2.22. The van der Waals surface area contributed by atoms with Crippen molar-refractivity contribution >= 4 is 62.3 Å². The lowest BCUT2D eigenvalue weighted by molar-refractivity contribution is -0.204. The van der Waals surface area contributed by atoms with Crippen LogP contribution in [0.2, 0.25) is 0 Å². The topological polar surface area (TPSA) is 151 Å². The van der Waals surface area contributed by atoms with Crippen molar-refractivity contribution in [3.8, 4) is 17.5 Å². The second kappa shape index (κ2) is 22.2. The van der Waals surface area contributed by atoms with E-state index >= 15 is 0 Å². The van der Waals surface area contributed by atoms with Crippen LogP contribution in [0, 0.1) is 11.7 Å². The first kappa shape index (κ1) is 38.8. The Morgan fingerprint density at radius 3 is 2.82 bits per heavy atom. The molecule has 0 radical (unpaired) electrons. The Labute approximate surface area is 272 Å². The average Bonchev–Trinajstić information content (AvgIpc) is 3.38. The van der Waals surface area contributed by atoms with Gasteiger partial charge in [0.1, 0.15) is 30.5 Å². The Morgan fingerprint density at radius 1 is 1.27 bits per heavy atom. The molecule has 2 rings (SSSR count). The summed E-state index contributed by atoms with van der Waals surface area (Å²) in [6, 6.07) is 6.36. The molecule has 1 heterocycles. The number of nitrogens with two attached hydrogens (primary N) is 1. The minimum Gasteiger partial charge on any atom is -0.490 e. The number of nitrogens with one attached hydrogen (secondary N) is 2. The van der Waals surface area contributed by atoms with Crippen LogP contribution in [-0.2, 0) is 23.7 Å². The smallest absolute Gasteiger partial charge is 0.418 e. The zero-order valence-corrected chi connectivity index (χ0v) is 27.7. The first-order valence-electron chi connectivity index (χ1n) is 13.6. The van der Waals surface area contributed by atoms with Crippen molar-refractivity contribution in [1.29, 1.82) is 0 Å². The van der Waals surface area contributed by atoms with E-state index in [0.717, 1.165) is 10.8 Å². The quantitative estimate of drug-likeness (QED) is 0.0486. The molecule has 1 aromatic rings. The first-order valence-corrected chi connectivity index (χ1v) is 18.7. The van der Waals surface area contributed by atoms with Crippen molar-refractivity contribution in [1.82, 2.24) is 10.6 Å². The molecule has 5 N–H and O–H groups in total. The van der Waals surface area contributed by atoms with Crippen LogP contribution in [0.5, 0.6) is 5.75 Å². The van der Waals surface area contributed by atoms with Gasteiger partial charge in [-0.25, -0.2) is 0 Å². The third-order valence-electron chi connectivity index (χ3n) is 5.63. The van der Waals surface area contributed by atoms with E-state index in [1.54, 1.807) is 24.3 Å². The number of hydrogen-bond donors (Lipinski definition) is 4. The highest BCUT2D eigenvalue weighted by molar-refractivity contribution is 8.77. The van der Waals surface area contributed by atoms with Crippen molar-refractivity contribution < 1.29 is 47.2 Å². The van der Waals surface area contributed by atoms with Gasteiger partial charge in [0.25, 0.3) is 5.91 Å². The largest absolute Gasteiger partial charge is 0.490 e. The molecule has 1 aromatic carbocycles. The zero-order valence-electron chi connectivity index (χ0n) is 24.5. The van der Waals surface area contributed by atoms with E-state index in [1.807, 2.05) is 6.26 Å². The molecule has 2 amide bonds. The summed E-state index contributed by atoms with van der Waals surface area (Å²) >= 11 is 0. The highest BCUT2D eigenvalue weighted by Crippen LogP contribution is 2.41. The van der Waals surface area contributed by atoms with E-state index in [2.05, 4.69) is 22.4 Å². The Morgan fingerprint density at radius 2 is 2.09 bits per heavy atom. The molecule has 11 nitrogen and oxygen atoms in total. The molecule has 1 aliphatic heterocycles. The number of rotatable bonds is 21. The Hall–Kier alpha value is -1.40. The van der Waals surface area contributed by atoms with Crippen LogP contribution in [0.15, 0.2) is 24.3 Å². The van der Waals surface area contributed by atoms with Gasteiger partial charge < -0.3 is 45.2 Å². The number of aliphatic hydroxyl groups is 1. The molecule has 1 fully saturated rings. The molecule has 2 unspecified atom stereocenters. The molecular formula is C26H38BF2N3O8S4. The highest BCUT2D eigenvalue weighted by Gasteiger charge is 2.43. The molecule has 44 heavy (non-hydrogen) atoms. The molecule has 0 spiro atoms. The SMILES string of the molecule is CSSC(COc1cccc(C(=O)NCCN)c1)OCCOCC(=O)NCC#CB[C@H]1C[C@@H](OC(F)(F)SSC)C(CO)O1. The Bertz CT molecular complexity index is 1080. The maximum atomic E-state index is 13.8. The number of ether oxygens (including phenoxy) is 5. The summed E-state index contributed by atoms with van der Waals surface area (Å²) in [5.41, 5.74) is 2.20. The Kier molecular flexibility index (Phi) is 19.6. The second-order valence-corrected chi connectivity index (χ2v) is 14.0. The van der Waals surface area contributed by atoms with Gasteiger partial charge in [-0.2, -0.15) is 14.6 Å². The van der Waals surface area contributed by atoms with Gasteiger partial charge in [0, 0.05) is 35.5 Å². The van der Waals surface area contributed by atoms with Crippen molar-refractivity contribution in [2.45, 2.75) is 35.5 Å². The lowest BCUT2D eigenvalue weighted by Crippen LogP contribution is -2.33. The van der Waals surface area contributed by atoms with Gasteiger partial charge in [0.15, 0.2) is 0 Å². The summed E-state index contributed by atoms with van der Waals surface area (Å²) in [6.07, 6.45) is 1.82. The van der Waals surface area contributed by atoms with Crippen LogP contribution in [0.3, 0.4) is 0 Å². The van der Waals surface area contributed by atoms with Crippen LogP contribution < -0.4 is 21.1 Å². The van der Waals surface area contributed by atoms with Gasteiger partial charge in [0.05, 0.1) is 32.5 Å². The van der Waals surface area contributed by atoms with E-state index in [4.69, 9.17) is 29.4 Å². The second-order valence-electron chi connectivity index (χ2n) is 8.92. The van der Waals surface area contributed by atoms with Gasteiger partial charge >= 0.3 is 5.44 Å². The lowest BCUT2D eigenvalue weighted by atomic mass is 9.71. The predicted molar refractivity (Wildman–Crippen MR) is 174 cm³/mol. The summed E-state index contributed by atoms with van der Waals surface area (Å²) in [4.78, 5) is 24.1. The van der Waals surface area contributed by atoms with E-state index in [1.165, 1.54) is 27.8 Å². The van der Waals surface area contributed by atoms with Gasteiger partial charge in [-0.05, 0) is 37.1 Å². The van der Waals surface area contributed by atoms with Crippen LogP contribution in [0.4, 0.5) is 8.78 Å². The summed E-state index contributed by atoms with van der Waals surface area (Å²) in [5, 5.41) is 14.8. The normalized spacial score (nSPS) is 18.6. The fourth-order valence-corrected chi connectivity index (χ4v) is 6.27. The van der Waals surface area contributed by atoms with E-state index in [9.17, 15) is 23.5 Å². The van der Waals surface area contributed by atoms with Crippen LogP contribution in [0.25, 0.3) is 0 Å². The molecule has 0 saturated carbocycles. The molecule has 18 heteroatoms.